The topological polar surface area (TPSA) is 118 Å². The summed E-state index contributed by atoms with van der Waals surface area (Å²) < 4.78 is 72.3. The zero-order valence-electron chi connectivity index (χ0n) is 21.3. The maximum absolute atomic E-state index is 13.0. The first kappa shape index (κ1) is 27.8. The number of thiophene rings is 1. The third kappa shape index (κ3) is 5.61. The smallest absolute Gasteiger partial charge is 0.416 e. The van der Waals surface area contributed by atoms with Crippen LogP contribution in [-0.4, -0.2) is 24.4 Å². The highest BCUT2D eigenvalue weighted by molar-refractivity contribution is 7.92. The molecule has 2 aromatic heterocycles. The summed E-state index contributed by atoms with van der Waals surface area (Å²) in [4.78, 5) is 34.4. The Hall–Kier alpha value is -3.71. The largest absolute Gasteiger partial charge is 0.451 e. The van der Waals surface area contributed by atoms with Crippen LogP contribution >= 0.6 is 11.3 Å². The summed E-state index contributed by atoms with van der Waals surface area (Å²) in [6.45, 7) is 3.70. The second kappa shape index (κ2) is 10.4. The molecular weight excluding hydrogens is 567 g/mol. The zero-order valence-corrected chi connectivity index (χ0v) is 23.0. The number of alkyl halides is 3. The van der Waals surface area contributed by atoms with E-state index in [4.69, 9.17) is 4.74 Å². The number of nitrogens with one attached hydrogen (secondary N) is 2. The van der Waals surface area contributed by atoms with Gasteiger partial charge in [-0.1, -0.05) is 19.1 Å². The third-order valence-corrected chi connectivity index (χ3v) is 9.20. The summed E-state index contributed by atoms with van der Waals surface area (Å²) >= 11 is 1.46. The first-order valence-corrected chi connectivity index (χ1v) is 14.7. The number of H-pyrrole nitrogens is 1. The number of rotatable bonds is 6. The van der Waals surface area contributed by atoms with E-state index in [2.05, 4.69) is 21.6 Å². The number of aryl methyl sites for hydroxylation is 1. The predicted octanol–water partition coefficient (Wildman–Crippen LogP) is 5.85. The Morgan fingerprint density at radius 2 is 1.95 bits per heavy atom. The number of aromatic amines is 1. The van der Waals surface area contributed by atoms with Crippen LogP contribution in [0.4, 0.5) is 18.9 Å². The van der Waals surface area contributed by atoms with Crippen molar-refractivity contribution >= 4 is 43.2 Å². The number of carbonyl (C=O) groups excluding carboxylic acids is 1. The van der Waals surface area contributed by atoms with Crippen molar-refractivity contribution in [2.24, 2.45) is 5.92 Å². The maximum Gasteiger partial charge on any atom is 0.416 e. The number of sulfonamides is 1. The molecule has 5 rings (SSSR count). The van der Waals surface area contributed by atoms with Crippen LogP contribution in [0, 0.1) is 5.92 Å². The number of anilines is 1. The lowest BCUT2D eigenvalue weighted by Crippen LogP contribution is -2.18. The summed E-state index contributed by atoms with van der Waals surface area (Å²) in [6.07, 6.45) is -2.90. The SMILES string of the molecule is CC1CCc2c(sc3nc(C(C)OC(=O)c4cccc(S(=O)(=O)Nc5cccc(C(F)(F)F)c5)c4)[nH]c(=O)c23)C1. The van der Waals surface area contributed by atoms with Crippen LogP contribution < -0.4 is 10.3 Å². The van der Waals surface area contributed by atoms with Crippen molar-refractivity contribution in [3.05, 3.63) is 86.3 Å². The van der Waals surface area contributed by atoms with Crippen molar-refractivity contribution in [2.45, 2.75) is 50.3 Å². The molecule has 1 aliphatic rings. The lowest BCUT2D eigenvalue weighted by molar-refractivity contribution is -0.137. The minimum Gasteiger partial charge on any atom is -0.451 e. The van der Waals surface area contributed by atoms with Gasteiger partial charge in [-0.05, 0) is 74.1 Å². The number of aromatic nitrogens is 2. The number of benzene rings is 2. The van der Waals surface area contributed by atoms with Gasteiger partial charge >= 0.3 is 12.1 Å². The first-order chi connectivity index (χ1) is 18.8. The van der Waals surface area contributed by atoms with E-state index in [9.17, 15) is 31.2 Å². The third-order valence-electron chi connectivity index (χ3n) is 6.67. The van der Waals surface area contributed by atoms with Gasteiger partial charge in [0.2, 0.25) is 0 Å². The van der Waals surface area contributed by atoms with Gasteiger partial charge in [-0.3, -0.25) is 9.52 Å². The van der Waals surface area contributed by atoms with Crippen LogP contribution in [-0.2, 0) is 33.8 Å². The van der Waals surface area contributed by atoms with Gasteiger partial charge in [0.25, 0.3) is 15.6 Å². The summed E-state index contributed by atoms with van der Waals surface area (Å²) in [5.41, 5.74) is -0.681. The van der Waals surface area contributed by atoms with Gasteiger partial charge in [0.1, 0.15) is 4.83 Å². The Balaban J connectivity index is 1.34. The average Bonchev–Trinajstić information content (AvgIpc) is 3.26. The van der Waals surface area contributed by atoms with Crippen molar-refractivity contribution in [2.75, 3.05) is 4.72 Å². The van der Waals surface area contributed by atoms with Gasteiger partial charge < -0.3 is 9.72 Å². The molecule has 4 aromatic rings. The molecule has 0 saturated heterocycles. The molecular formula is C27H24F3N3O5S2. The minimum absolute atomic E-state index is 0.109. The van der Waals surface area contributed by atoms with E-state index in [1.54, 1.807) is 0 Å². The van der Waals surface area contributed by atoms with Crippen LogP contribution in [0.3, 0.4) is 0 Å². The van der Waals surface area contributed by atoms with E-state index in [1.165, 1.54) is 42.5 Å². The summed E-state index contributed by atoms with van der Waals surface area (Å²) in [7, 11) is -4.33. The van der Waals surface area contributed by atoms with Crippen molar-refractivity contribution in [1.29, 1.82) is 0 Å². The predicted molar refractivity (Wildman–Crippen MR) is 144 cm³/mol. The van der Waals surface area contributed by atoms with E-state index in [-0.39, 0.29) is 27.5 Å². The number of carbonyl (C=O) groups is 1. The van der Waals surface area contributed by atoms with Crippen LogP contribution in [0.5, 0.6) is 0 Å². The van der Waals surface area contributed by atoms with Crippen LogP contribution in [0.2, 0.25) is 0 Å². The molecule has 0 bridgehead atoms. The molecule has 2 aromatic carbocycles. The van der Waals surface area contributed by atoms with E-state index < -0.39 is 33.8 Å². The normalized spacial score (nSPS) is 16.4. The Labute approximate surface area is 231 Å². The highest BCUT2D eigenvalue weighted by Gasteiger charge is 2.31. The Bertz CT molecular complexity index is 1780. The molecule has 13 heteroatoms. The van der Waals surface area contributed by atoms with Crippen molar-refractivity contribution in [3.8, 4) is 0 Å². The number of hydrogen-bond acceptors (Lipinski definition) is 7. The standard InChI is InChI=1S/C27H24F3N3O5S2/c1-14-9-10-20-21(11-14)39-25-22(20)24(34)31-23(32-25)15(2)38-26(35)16-5-3-8-19(12-16)40(36,37)33-18-7-4-6-17(13-18)27(28,29)30/h3-8,12-15,33H,9-11H2,1-2H3,(H,31,32,34). The van der Waals surface area contributed by atoms with Crippen LogP contribution in [0.1, 0.15) is 58.6 Å². The van der Waals surface area contributed by atoms with E-state index in [0.29, 0.717) is 22.2 Å². The van der Waals surface area contributed by atoms with Crippen LogP contribution in [0.25, 0.3) is 10.2 Å². The number of ether oxygens (including phenoxy) is 1. The van der Waals surface area contributed by atoms with Crippen molar-refractivity contribution < 1.29 is 31.1 Å². The fourth-order valence-electron chi connectivity index (χ4n) is 4.61. The monoisotopic (exact) mass is 591 g/mol. The summed E-state index contributed by atoms with van der Waals surface area (Å²) in [5, 5.41) is 0.570. The lowest BCUT2D eigenvalue weighted by Gasteiger charge is -2.17. The number of hydrogen-bond donors (Lipinski definition) is 2. The molecule has 0 aliphatic heterocycles. The zero-order chi connectivity index (χ0) is 28.8. The molecule has 2 atom stereocenters. The number of esters is 1. The van der Waals surface area contributed by atoms with E-state index in [1.807, 2.05) is 0 Å². The van der Waals surface area contributed by atoms with E-state index >= 15 is 0 Å². The number of nitrogens with zero attached hydrogens (tertiary/aromatic N) is 1. The number of fused-ring (bicyclic) bond motifs is 3. The molecule has 210 valence electrons. The molecule has 2 heterocycles. The highest BCUT2D eigenvalue weighted by atomic mass is 32.2. The highest BCUT2D eigenvalue weighted by Crippen LogP contribution is 2.36. The van der Waals surface area contributed by atoms with Gasteiger partial charge in [-0.15, -0.1) is 11.3 Å². The molecule has 1 aliphatic carbocycles. The Morgan fingerprint density at radius 1 is 1.20 bits per heavy atom. The van der Waals surface area contributed by atoms with Gasteiger partial charge in [0.05, 0.1) is 21.4 Å². The molecule has 40 heavy (non-hydrogen) atoms. The second-order valence-electron chi connectivity index (χ2n) is 9.74. The minimum atomic E-state index is -4.65. The second-order valence-corrected chi connectivity index (χ2v) is 12.5. The summed E-state index contributed by atoms with van der Waals surface area (Å²) in [6, 6.07) is 8.66. The molecule has 8 nitrogen and oxygen atoms in total. The van der Waals surface area contributed by atoms with E-state index in [0.717, 1.165) is 47.9 Å². The van der Waals surface area contributed by atoms with Crippen molar-refractivity contribution in [3.63, 3.8) is 0 Å². The fraction of sp³-hybridized carbons (Fsp3) is 0.296. The van der Waals surface area contributed by atoms with Gasteiger partial charge in [0.15, 0.2) is 11.9 Å². The Morgan fingerprint density at radius 3 is 2.70 bits per heavy atom. The first-order valence-electron chi connectivity index (χ1n) is 12.4. The van der Waals surface area contributed by atoms with Gasteiger partial charge in [-0.2, -0.15) is 13.2 Å². The molecule has 0 spiro atoms. The van der Waals surface area contributed by atoms with Gasteiger partial charge in [-0.25, -0.2) is 18.2 Å². The quantitative estimate of drug-likeness (QED) is 0.272. The molecule has 0 fully saturated rings. The van der Waals surface area contributed by atoms with Gasteiger partial charge in [0, 0.05) is 10.6 Å². The molecule has 2 N–H and O–H groups in total. The molecule has 0 saturated carbocycles. The van der Waals surface area contributed by atoms with Crippen molar-refractivity contribution in [1.82, 2.24) is 9.97 Å². The fourth-order valence-corrected chi connectivity index (χ4v) is 7.09. The number of halogens is 3. The molecule has 2 unspecified atom stereocenters. The summed E-state index contributed by atoms with van der Waals surface area (Å²) in [5.74, 6) is -0.183. The maximum atomic E-state index is 13.0. The Kier molecular flexibility index (Phi) is 7.21. The average molecular weight is 592 g/mol. The molecule has 0 amide bonds. The van der Waals surface area contributed by atoms with Crippen LogP contribution in [0.15, 0.2) is 58.2 Å². The lowest BCUT2D eigenvalue weighted by atomic mass is 9.89. The molecule has 0 radical (unpaired) electrons.